The maximum absolute atomic E-state index is 13.4. The molecule has 0 bridgehead atoms. The van der Waals surface area contributed by atoms with Crippen LogP contribution in [-0.2, 0) is 18.9 Å². The van der Waals surface area contributed by atoms with Gasteiger partial charge in [0.2, 0.25) is 0 Å². The topological polar surface area (TPSA) is 142 Å². The number of rotatable bonds is 8. The third-order valence-corrected chi connectivity index (χ3v) is 7.39. The second-order valence-corrected chi connectivity index (χ2v) is 10.3. The zero-order valence-corrected chi connectivity index (χ0v) is 23.8. The molecule has 6 rings (SSSR count). The zero-order valence-electron chi connectivity index (χ0n) is 23.0. The number of esters is 3. The lowest BCUT2D eigenvalue weighted by Crippen LogP contribution is -2.42. The highest BCUT2D eigenvalue weighted by Crippen LogP contribution is 2.36. The fourth-order valence-corrected chi connectivity index (χ4v) is 5.24. The Labute approximate surface area is 255 Å². The Bertz CT molecular complexity index is 1920. The van der Waals surface area contributed by atoms with Crippen LogP contribution >= 0.6 is 12.2 Å². The number of nitrogens with zero attached hydrogens (tertiary/aromatic N) is 1. The molecule has 3 heterocycles. The van der Waals surface area contributed by atoms with Gasteiger partial charge < -0.3 is 23.9 Å². The van der Waals surface area contributed by atoms with E-state index in [0.717, 1.165) is 0 Å². The third-order valence-electron chi connectivity index (χ3n) is 7.08. The molecule has 44 heavy (non-hydrogen) atoms. The number of ether oxygens (including phenoxy) is 4. The lowest BCUT2D eigenvalue weighted by atomic mass is 10.1. The van der Waals surface area contributed by atoms with E-state index in [1.54, 1.807) is 103 Å². The molecular weight excluding hydrogens is 586 g/mol. The molecule has 0 amide bonds. The first-order valence-electron chi connectivity index (χ1n) is 13.6. The van der Waals surface area contributed by atoms with Crippen molar-refractivity contribution in [2.24, 2.45) is 0 Å². The third kappa shape index (κ3) is 5.80. The SMILES string of the molecule is O=C(OCC1OC(n2c(=O)[nH]c(=S)c3[nH]ccc32)C(OC(=O)c2ccccc2)C1OC(=O)c1ccccc1)c1ccccc1. The summed E-state index contributed by atoms with van der Waals surface area (Å²) in [5, 5.41) is 0. The average Bonchev–Trinajstić information content (AvgIpc) is 3.67. The van der Waals surface area contributed by atoms with Crippen LogP contribution in [0, 0.1) is 4.64 Å². The van der Waals surface area contributed by atoms with Gasteiger partial charge in [0.05, 0.1) is 27.7 Å². The van der Waals surface area contributed by atoms with Crippen molar-refractivity contribution < 1.29 is 33.3 Å². The van der Waals surface area contributed by atoms with E-state index in [9.17, 15) is 19.2 Å². The number of carbonyl (C=O) groups is 3. The summed E-state index contributed by atoms with van der Waals surface area (Å²) in [6.07, 6.45) is -3.51. The largest absolute Gasteiger partial charge is 0.459 e. The number of carbonyl (C=O) groups excluding carboxylic acids is 3. The minimum absolute atomic E-state index is 0.169. The van der Waals surface area contributed by atoms with Crippen molar-refractivity contribution in [3.8, 4) is 0 Å². The minimum Gasteiger partial charge on any atom is -0.459 e. The molecule has 1 aliphatic heterocycles. The van der Waals surface area contributed by atoms with E-state index < -0.39 is 48.1 Å². The number of hydrogen-bond acceptors (Lipinski definition) is 9. The maximum Gasteiger partial charge on any atom is 0.338 e. The first-order valence-corrected chi connectivity index (χ1v) is 14.0. The lowest BCUT2D eigenvalue weighted by Gasteiger charge is -2.25. The van der Waals surface area contributed by atoms with Gasteiger partial charge in [-0.1, -0.05) is 66.8 Å². The van der Waals surface area contributed by atoms with Crippen molar-refractivity contribution in [2.75, 3.05) is 6.61 Å². The van der Waals surface area contributed by atoms with E-state index in [1.807, 2.05) is 0 Å². The van der Waals surface area contributed by atoms with Crippen LogP contribution in [-0.4, -0.2) is 57.4 Å². The van der Waals surface area contributed by atoms with Gasteiger partial charge in [0.25, 0.3) is 0 Å². The van der Waals surface area contributed by atoms with Crippen LogP contribution in [0.4, 0.5) is 0 Å². The highest BCUT2D eigenvalue weighted by atomic mass is 32.1. The summed E-state index contributed by atoms with van der Waals surface area (Å²) in [6.45, 7) is -0.385. The van der Waals surface area contributed by atoms with Crippen molar-refractivity contribution in [2.45, 2.75) is 24.5 Å². The van der Waals surface area contributed by atoms with Gasteiger partial charge in [-0.3, -0.25) is 9.55 Å². The van der Waals surface area contributed by atoms with Crippen LogP contribution in [0.1, 0.15) is 37.3 Å². The summed E-state index contributed by atoms with van der Waals surface area (Å²) in [6, 6.07) is 26.4. The molecule has 0 radical (unpaired) electrons. The monoisotopic (exact) mass is 611 g/mol. The number of H-pyrrole nitrogens is 2. The number of benzene rings is 3. The first-order chi connectivity index (χ1) is 21.4. The molecule has 1 fully saturated rings. The zero-order chi connectivity index (χ0) is 30.6. The van der Waals surface area contributed by atoms with Crippen molar-refractivity contribution in [1.82, 2.24) is 14.5 Å². The summed E-state index contributed by atoms with van der Waals surface area (Å²) in [5.41, 5.74) is 0.909. The van der Waals surface area contributed by atoms with E-state index in [0.29, 0.717) is 16.6 Å². The molecule has 0 spiro atoms. The van der Waals surface area contributed by atoms with Crippen LogP contribution < -0.4 is 5.69 Å². The number of hydrogen-bond donors (Lipinski definition) is 2. The van der Waals surface area contributed by atoms with Crippen molar-refractivity contribution >= 4 is 41.2 Å². The highest BCUT2D eigenvalue weighted by Gasteiger charge is 2.52. The molecule has 0 saturated carbocycles. The highest BCUT2D eigenvalue weighted by molar-refractivity contribution is 7.71. The predicted molar refractivity (Wildman–Crippen MR) is 160 cm³/mol. The fourth-order valence-electron chi connectivity index (χ4n) is 4.99. The molecule has 3 aromatic carbocycles. The van der Waals surface area contributed by atoms with Crippen LogP contribution in [0.5, 0.6) is 0 Å². The number of aromatic amines is 2. The summed E-state index contributed by atoms with van der Waals surface area (Å²) >= 11 is 5.31. The smallest absolute Gasteiger partial charge is 0.338 e. The van der Waals surface area contributed by atoms with Gasteiger partial charge in [-0.25, -0.2) is 19.2 Å². The molecule has 2 aromatic heterocycles. The van der Waals surface area contributed by atoms with Crippen LogP contribution in [0.2, 0.25) is 0 Å². The van der Waals surface area contributed by atoms with E-state index >= 15 is 0 Å². The Kier molecular flexibility index (Phi) is 8.17. The Balaban J connectivity index is 1.41. The Morgan fingerprint density at radius 3 is 1.84 bits per heavy atom. The molecule has 4 unspecified atom stereocenters. The van der Waals surface area contributed by atoms with Crippen molar-refractivity contribution in [1.29, 1.82) is 0 Å². The quantitative estimate of drug-likeness (QED) is 0.146. The fraction of sp³-hybridized carbons (Fsp3) is 0.156. The summed E-state index contributed by atoms with van der Waals surface area (Å²) in [5.74, 6) is -2.11. The van der Waals surface area contributed by atoms with Gasteiger partial charge in [0, 0.05) is 6.20 Å². The molecule has 1 saturated heterocycles. The van der Waals surface area contributed by atoms with Gasteiger partial charge >= 0.3 is 23.6 Å². The molecule has 4 atom stereocenters. The Hall–Kier alpha value is -5.33. The number of aromatic nitrogens is 3. The van der Waals surface area contributed by atoms with Gasteiger partial charge in [0.15, 0.2) is 18.4 Å². The normalized spacial score (nSPS) is 19.4. The average molecular weight is 612 g/mol. The molecule has 2 N–H and O–H groups in total. The summed E-state index contributed by atoms with van der Waals surface area (Å²) in [4.78, 5) is 58.5. The molecular formula is C32H25N3O8S. The molecule has 5 aromatic rings. The Morgan fingerprint density at radius 1 is 0.750 bits per heavy atom. The van der Waals surface area contributed by atoms with E-state index in [2.05, 4.69) is 9.97 Å². The van der Waals surface area contributed by atoms with Crippen LogP contribution in [0.3, 0.4) is 0 Å². The minimum atomic E-state index is -1.35. The molecule has 1 aliphatic rings. The first kappa shape index (κ1) is 28.8. The number of fused-ring (bicyclic) bond motifs is 1. The molecule has 222 valence electrons. The van der Waals surface area contributed by atoms with E-state index in [-0.39, 0.29) is 22.4 Å². The van der Waals surface area contributed by atoms with Crippen LogP contribution in [0.15, 0.2) is 108 Å². The predicted octanol–water partition coefficient (Wildman–Crippen LogP) is 4.59. The van der Waals surface area contributed by atoms with Crippen molar-refractivity contribution in [3.05, 3.63) is 135 Å². The van der Waals surface area contributed by atoms with Gasteiger partial charge in [0.1, 0.15) is 17.4 Å². The Morgan fingerprint density at radius 2 is 1.27 bits per heavy atom. The summed E-state index contributed by atoms with van der Waals surface area (Å²) < 4.78 is 25.1. The van der Waals surface area contributed by atoms with Gasteiger partial charge in [-0.05, 0) is 42.5 Å². The van der Waals surface area contributed by atoms with E-state index in [4.69, 9.17) is 31.2 Å². The molecule has 11 nitrogen and oxygen atoms in total. The standard InChI is InChI=1S/C32H25N3O8S/c36-29(19-10-4-1-5-11-19)40-18-23-25(42-30(37)20-12-6-2-7-13-20)26(43-31(38)21-14-8-3-9-15-21)28(41-23)35-22-16-17-33-24(22)27(44)34-32(35)39/h1-17,23,25-26,28,33H,18H2,(H,34,39,44). The van der Waals surface area contributed by atoms with Crippen molar-refractivity contribution in [3.63, 3.8) is 0 Å². The van der Waals surface area contributed by atoms with Crippen LogP contribution in [0.25, 0.3) is 11.0 Å². The maximum atomic E-state index is 13.4. The van der Waals surface area contributed by atoms with Gasteiger partial charge in [-0.15, -0.1) is 0 Å². The lowest BCUT2D eigenvalue weighted by molar-refractivity contribution is -0.0620. The number of nitrogens with one attached hydrogen (secondary N) is 2. The second kappa shape index (κ2) is 12.5. The summed E-state index contributed by atoms with van der Waals surface area (Å²) in [7, 11) is 0. The second-order valence-electron chi connectivity index (χ2n) is 9.87. The van der Waals surface area contributed by atoms with Gasteiger partial charge in [-0.2, -0.15) is 0 Å². The molecule has 12 heteroatoms. The molecule has 0 aliphatic carbocycles. The van der Waals surface area contributed by atoms with E-state index in [1.165, 1.54) is 4.57 Å².